The summed E-state index contributed by atoms with van der Waals surface area (Å²) in [6.07, 6.45) is 10.3. The lowest BCUT2D eigenvalue weighted by Crippen LogP contribution is -2.40. The molecule has 8 nitrogen and oxygen atoms in total. The van der Waals surface area contributed by atoms with Crippen molar-refractivity contribution in [2.75, 3.05) is 51.0 Å². The number of rotatable bonds is 10. The lowest BCUT2D eigenvalue weighted by molar-refractivity contribution is 0.0342. The fourth-order valence-electron chi connectivity index (χ4n) is 7.42. The smallest absolute Gasteiger partial charge is 0.253 e. The van der Waals surface area contributed by atoms with Crippen molar-refractivity contribution < 1.29 is 14.3 Å². The van der Waals surface area contributed by atoms with Gasteiger partial charge in [0.25, 0.3) is 11.5 Å². The van der Waals surface area contributed by atoms with Crippen molar-refractivity contribution in [3.63, 3.8) is 0 Å². The Labute approximate surface area is 279 Å². The van der Waals surface area contributed by atoms with Gasteiger partial charge in [-0.25, -0.2) is 0 Å². The van der Waals surface area contributed by atoms with Crippen LogP contribution in [0.15, 0.2) is 41.2 Å². The molecule has 250 valence electrons. The van der Waals surface area contributed by atoms with Gasteiger partial charge in [-0.3, -0.25) is 14.5 Å². The molecule has 1 amide bonds. The number of fused-ring (bicyclic) bond motifs is 1. The fourth-order valence-corrected chi connectivity index (χ4v) is 7.42. The zero-order valence-corrected chi connectivity index (χ0v) is 28.3. The van der Waals surface area contributed by atoms with Crippen LogP contribution in [0, 0.1) is 13.8 Å². The largest absolute Gasteiger partial charge is 0.381 e. The van der Waals surface area contributed by atoms with E-state index in [1.165, 1.54) is 11.1 Å². The number of ether oxygens (including phenoxy) is 2. The van der Waals surface area contributed by atoms with E-state index in [9.17, 15) is 9.59 Å². The van der Waals surface area contributed by atoms with Crippen LogP contribution >= 0.6 is 0 Å². The number of nitrogens with zero attached hydrogens (tertiary/aromatic N) is 2. The quantitative estimate of drug-likeness (QED) is 0.273. The van der Waals surface area contributed by atoms with E-state index < -0.39 is 0 Å². The molecule has 1 aromatic heterocycles. The zero-order valence-electron chi connectivity index (χ0n) is 28.3. The van der Waals surface area contributed by atoms with Gasteiger partial charge in [-0.1, -0.05) is 36.4 Å². The maximum atomic E-state index is 13.9. The van der Waals surface area contributed by atoms with E-state index in [4.69, 9.17) is 9.47 Å². The molecule has 0 unspecified atom stereocenters. The molecule has 2 aromatic carbocycles. The van der Waals surface area contributed by atoms with Crippen molar-refractivity contribution in [3.05, 3.63) is 97.0 Å². The first kappa shape index (κ1) is 33.2. The number of carbonyl (C=O) groups is 1. The molecule has 3 aliphatic rings. The second-order valence-corrected chi connectivity index (χ2v) is 13.2. The van der Waals surface area contributed by atoms with E-state index in [2.05, 4.69) is 69.5 Å². The number of aromatic amines is 1. The monoisotopic (exact) mass is 638 g/mol. The zero-order chi connectivity index (χ0) is 32.8. The van der Waals surface area contributed by atoms with Crippen LogP contribution in [0.3, 0.4) is 0 Å². The van der Waals surface area contributed by atoms with Gasteiger partial charge >= 0.3 is 0 Å². The van der Waals surface area contributed by atoms with E-state index in [-0.39, 0.29) is 18.0 Å². The second-order valence-electron chi connectivity index (χ2n) is 13.2. The molecule has 6 rings (SSSR count). The predicted molar refractivity (Wildman–Crippen MR) is 189 cm³/mol. The normalized spacial score (nSPS) is 17.5. The van der Waals surface area contributed by atoms with Gasteiger partial charge in [0.15, 0.2) is 0 Å². The summed E-state index contributed by atoms with van der Waals surface area (Å²) >= 11 is 0. The molecule has 2 N–H and O–H groups in total. The highest BCUT2D eigenvalue weighted by molar-refractivity contribution is 5.98. The summed E-state index contributed by atoms with van der Waals surface area (Å²) in [7, 11) is 0. The highest BCUT2D eigenvalue weighted by Crippen LogP contribution is 2.31. The van der Waals surface area contributed by atoms with Crippen LogP contribution in [0.1, 0.15) is 87.6 Å². The molecule has 2 saturated heterocycles. The van der Waals surface area contributed by atoms with Crippen LogP contribution in [0.2, 0.25) is 0 Å². The Balaban J connectivity index is 1.26. The maximum Gasteiger partial charge on any atom is 0.253 e. The number of hydrogen-bond acceptors (Lipinski definition) is 6. The average Bonchev–Trinajstić information content (AvgIpc) is 3.10. The van der Waals surface area contributed by atoms with Gasteiger partial charge in [0.05, 0.1) is 13.2 Å². The van der Waals surface area contributed by atoms with E-state index >= 15 is 0 Å². The molecule has 2 fully saturated rings. The first-order valence-corrected chi connectivity index (χ1v) is 17.5. The standard InChI is InChI=1S/C39H50N4O4/c1-4-43(32-15-19-46-20-16-32)37-24-31(14-11-29-9-12-30(13-10-29)26-42-17-21-47-22-18-42)23-34(28(37)3)38(44)40-25-35-27(2)33-7-5-6-8-36(33)41-39(35)45/h9-14,23-24,32H,4-8,15-22,25-26H2,1-3H3,(H,40,44)(H,41,45)/b14-11+. The number of H-pyrrole nitrogens is 1. The number of pyridine rings is 1. The number of nitrogens with one attached hydrogen (secondary N) is 2. The van der Waals surface area contributed by atoms with Crippen molar-refractivity contribution in [1.29, 1.82) is 0 Å². The van der Waals surface area contributed by atoms with E-state index in [1.54, 1.807) is 0 Å². The first-order valence-electron chi connectivity index (χ1n) is 17.5. The van der Waals surface area contributed by atoms with Gasteiger partial charge in [0.1, 0.15) is 0 Å². The molecule has 8 heteroatoms. The number of benzene rings is 2. The summed E-state index contributed by atoms with van der Waals surface area (Å²) in [5.41, 5.74) is 9.95. The lowest BCUT2D eigenvalue weighted by Gasteiger charge is -2.36. The van der Waals surface area contributed by atoms with Gasteiger partial charge in [0.2, 0.25) is 0 Å². The number of hydrogen-bond donors (Lipinski definition) is 2. The summed E-state index contributed by atoms with van der Waals surface area (Å²) in [5, 5.41) is 3.12. The minimum atomic E-state index is -0.161. The number of amides is 1. The van der Waals surface area contributed by atoms with Crippen LogP contribution in [0.4, 0.5) is 5.69 Å². The third kappa shape index (κ3) is 7.88. The third-order valence-electron chi connectivity index (χ3n) is 10.2. The van der Waals surface area contributed by atoms with Gasteiger partial charge < -0.3 is 24.7 Å². The molecule has 3 aromatic rings. The van der Waals surface area contributed by atoms with Gasteiger partial charge in [-0.15, -0.1) is 0 Å². The summed E-state index contributed by atoms with van der Waals surface area (Å²) < 4.78 is 11.2. The van der Waals surface area contributed by atoms with Crippen molar-refractivity contribution in [1.82, 2.24) is 15.2 Å². The number of morpholine rings is 1. The van der Waals surface area contributed by atoms with Crippen molar-refractivity contribution in [2.45, 2.75) is 78.4 Å². The van der Waals surface area contributed by atoms with Crippen molar-refractivity contribution in [2.24, 2.45) is 0 Å². The average molecular weight is 639 g/mol. The van der Waals surface area contributed by atoms with E-state index in [1.807, 2.05) is 19.9 Å². The van der Waals surface area contributed by atoms with Gasteiger partial charge in [0, 0.05) is 74.5 Å². The molecule has 3 heterocycles. The maximum absolute atomic E-state index is 13.9. The Morgan fingerprint density at radius 3 is 2.40 bits per heavy atom. The van der Waals surface area contributed by atoms with Gasteiger partial charge in [-0.05, 0) is 105 Å². The van der Waals surface area contributed by atoms with Crippen LogP contribution < -0.4 is 15.8 Å². The van der Waals surface area contributed by atoms with Gasteiger partial charge in [-0.2, -0.15) is 0 Å². The van der Waals surface area contributed by atoms with Crippen LogP contribution in [-0.4, -0.2) is 67.9 Å². The fraction of sp³-hybridized carbons (Fsp3) is 0.487. The van der Waals surface area contributed by atoms with Crippen molar-refractivity contribution >= 4 is 23.7 Å². The minimum absolute atomic E-state index is 0.0924. The summed E-state index contributed by atoms with van der Waals surface area (Å²) in [4.78, 5) is 34.9. The minimum Gasteiger partial charge on any atom is -0.381 e. The lowest BCUT2D eigenvalue weighted by atomic mass is 9.90. The molecular formula is C39H50N4O4. The SMILES string of the molecule is CCN(c1cc(/C=C/c2ccc(CN3CCOCC3)cc2)cc(C(=O)NCc2c(C)c3c([nH]c2=O)CCCC3)c1C)C1CCOCC1. The van der Waals surface area contributed by atoms with Crippen LogP contribution in [-0.2, 0) is 35.4 Å². The predicted octanol–water partition coefficient (Wildman–Crippen LogP) is 5.81. The molecular weight excluding hydrogens is 588 g/mol. The number of aromatic nitrogens is 1. The first-order chi connectivity index (χ1) is 22.9. The molecule has 0 spiro atoms. The summed E-state index contributed by atoms with van der Waals surface area (Å²) in [6.45, 7) is 13.3. The Kier molecular flexibility index (Phi) is 10.9. The number of carbonyl (C=O) groups excluding carboxylic acids is 1. The second kappa shape index (κ2) is 15.5. The highest BCUT2D eigenvalue weighted by atomic mass is 16.5. The number of anilines is 1. The van der Waals surface area contributed by atoms with Crippen LogP contribution in [0.5, 0.6) is 0 Å². The molecule has 0 atom stereocenters. The topological polar surface area (TPSA) is 86.9 Å². The van der Waals surface area contributed by atoms with E-state index in [0.717, 1.165) is 125 Å². The summed E-state index contributed by atoms with van der Waals surface area (Å²) in [5.74, 6) is -0.161. The Hall–Kier alpha value is -3.72. The van der Waals surface area contributed by atoms with Crippen LogP contribution in [0.25, 0.3) is 12.2 Å². The Morgan fingerprint density at radius 2 is 1.66 bits per heavy atom. The Bertz CT molecular complexity index is 1630. The highest BCUT2D eigenvalue weighted by Gasteiger charge is 2.25. The molecule has 0 saturated carbocycles. The Morgan fingerprint density at radius 1 is 0.957 bits per heavy atom. The molecule has 0 radical (unpaired) electrons. The summed E-state index contributed by atoms with van der Waals surface area (Å²) in [6, 6.07) is 13.3. The molecule has 0 bridgehead atoms. The molecule has 47 heavy (non-hydrogen) atoms. The third-order valence-corrected chi connectivity index (χ3v) is 10.2. The van der Waals surface area contributed by atoms with Crippen molar-refractivity contribution in [3.8, 4) is 0 Å². The number of aryl methyl sites for hydroxylation is 1. The molecule has 1 aliphatic carbocycles. The van der Waals surface area contributed by atoms with E-state index in [0.29, 0.717) is 17.2 Å². The molecule has 2 aliphatic heterocycles.